The molecule has 1 unspecified atom stereocenters. The molecule has 2 aliphatic heterocycles. The van der Waals surface area contributed by atoms with Gasteiger partial charge >= 0.3 is 0 Å². The first-order chi connectivity index (χ1) is 12.0. The number of fused-ring (bicyclic) bond motifs is 3. The fraction of sp³-hybridized carbons (Fsp3) is 0.368. The smallest absolute Gasteiger partial charge is 0.206 e. The third kappa shape index (κ3) is 2.83. The van der Waals surface area contributed by atoms with E-state index in [1.54, 1.807) is 12.1 Å². The van der Waals surface area contributed by atoms with E-state index in [0.717, 1.165) is 36.8 Å². The van der Waals surface area contributed by atoms with E-state index >= 15 is 0 Å². The predicted octanol–water partition coefficient (Wildman–Crippen LogP) is 3.17. The highest BCUT2D eigenvalue weighted by molar-refractivity contribution is 7.91. The van der Waals surface area contributed by atoms with Crippen molar-refractivity contribution in [2.24, 2.45) is 5.92 Å². The molecule has 6 heteroatoms. The second kappa shape index (κ2) is 6.11. The lowest BCUT2D eigenvalue weighted by Crippen LogP contribution is -2.25. The van der Waals surface area contributed by atoms with Crippen molar-refractivity contribution >= 4 is 15.5 Å². The predicted molar refractivity (Wildman–Crippen MR) is 95.1 cm³/mol. The summed E-state index contributed by atoms with van der Waals surface area (Å²) < 4.78 is 39.3. The molecule has 25 heavy (non-hydrogen) atoms. The van der Waals surface area contributed by atoms with Gasteiger partial charge in [-0.1, -0.05) is 13.0 Å². The van der Waals surface area contributed by atoms with E-state index in [1.807, 2.05) is 6.07 Å². The van der Waals surface area contributed by atoms with E-state index in [2.05, 4.69) is 17.6 Å². The fourth-order valence-electron chi connectivity index (χ4n) is 4.06. The second-order valence-electron chi connectivity index (χ2n) is 6.96. The Kier molecular flexibility index (Phi) is 4.04. The minimum atomic E-state index is -3.73. The summed E-state index contributed by atoms with van der Waals surface area (Å²) in [7, 11) is -3.73. The largest absolute Gasteiger partial charge is 0.381 e. The topological polar surface area (TPSA) is 58.2 Å². The summed E-state index contributed by atoms with van der Waals surface area (Å²) in [5.41, 5.74) is 2.07. The molecular weight excluding hydrogens is 339 g/mol. The number of nitrogens with one attached hydrogen (secondary N) is 2. The Bertz CT molecular complexity index is 913. The van der Waals surface area contributed by atoms with Crippen LogP contribution in [0.25, 0.3) is 0 Å². The first kappa shape index (κ1) is 16.5. The molecule has 2 heterocycles. The van der Waals surface area contributed by atoms with Gasteiger partial charge in [-0.3, -0.25) is 0 Å². The molecule has 0 spiro atoms. The SMILES string of the molecule is CC1CNCC[C@H]2Nc3ccc(S(=O)(=O)c4cccc(F)c4)cc3[C@H]12. The molecule has 132 valence electrons. The summed E-state index contributed by atoms with van der Waals surface area (Å²) in [6.07, 6.45) is 1.01. The number of hydrogen-bond acceptors (Lipinski definition) is 4. The molecular formula is C19H21FN2O2S. The quantitative estimate of drug-likeness (QED) is 0.864. The summed E-state index contributed by atoms with van der Waals surface area (Å²) in [4.78, 5) is 0.217. The molecule has 0 amide bonds. The summed E-state index contributed by atoms with van der Waals surface area (Å²) in [6.45, 7) is 4.07. The van der Waals surface area contributed by atoms with Crippen LogP contribution in [-0.4, -0.2) is 27.5 Å². The highest BCUT2D eigenvalue weighted by atomic mass is 32.2. The first-order valence-electron chi connectivity index (χ1n) is 8.58. The molecule has 3 atom stereocenters. The fourth-order valence-corrected chi connectivity index (χ4v) is 5.39. The van der Waals surface area contributed by atoms with Gasteiger partial charge in [-0.05, 0) is 67.4 Å². The molecule has 0 aliphatic carbocycles. The van der Waals surface area contributed by atoms with Gasteiger partial charge in [0.05, 0.1) is 9.79 Å². The molecule has 0 aromatic heterocycles. The van der Waals surface area contributed by atoms with Crippen LogP contribution in [0.15, 0.2) is 52.3 Å². The summed E-state index contributed by atoms with van der Waals surface area (Å²) in [5.74, 6) is 0.147. The van der Waals surface area contributed by atoms with Gasteiger partial charge in [0.1, 0.15) is 5.82 Å². The van der Waals surface area contributed by atoms with Crippen LogP contribution in [0.2, 0.25) is 0 Å². The van der Waals surface area contributed by atoms with Gasteiger partial charge in [-0.25, -0.2) is 12.8 Å². The Morgan fingerprint density at radius 1 is 1.12 bits per heavy atom. The van der Waals surface area contributed by atoms with Crippen LogP contribution in [0.4, 0.5) is 10.1 Å². The third-order valence-electron chi connectivity index (χ3n) is 5.28. The van der Waals surface area contributed by atoms with E-state index in [9.17, 15) is 12.8 Å². The summed E-state index contributed by atoms with van der Waals surface area (Å²) in [5, 5.41) is 6.97. The molecule has 4 rings (SSSR count). The molecule has 2 aromatic rings. The average molecular weight is 360 g/mol. The zero-order chi connectivity index (χ0) is 17.6. The van der Waals surface area contributed by atoms with Crippen LogP contribution in [0.3, 0.4) is 0 Å². The standard InChI is InChI=1S/C19H21FN2O2S/c1-12-11-21-8-7-18-19(12)16-10-15(5-6-17(16)22-18)25(23,24)14-4-2-3-13(20)9-14/h2-6,9-10,12,18-19,21-22H,7-8,11H2,1H3/t12?,18-,19+/m1/s1. The van der Waals surface area contributed by atoms with Crippen molar-refractivity contribution in [3.63, 3.8) is 0 Å². The van der Waals surface area contributed by atoms with Crippen molar-refractivity contribution < 1.29 is 12.8 Å². The van der Waals surface area contributed by atoms with Gasteiger partial charge in [0, 0.05) is 17.6 Å². The van der Waals surface area contributed by atoms with E-state index in [4.69, 9.17) is 0 Å². The number of hydrogen-bond donors (Lipinski definition) is 2. The second-order valence-corrected chi connectivity index (χ2v) is 8.91. The Hall–Kier alpha value is -1.92. The lowest BCUT2D eigenvalue weighted by molar-refractivity contribution is 0.443. The Morgan fingerprint density at radius 2 is 1.92 bits per heavy atom. The molecule has 1 saturated heterocycles. The van der Waals surface area contributed by atoms with Gasteiger partial charge in [0.15, 0.2) is 0 Å². The van der Waals surface area contributed by atoms with E-state index in [0.29, 0.717) is 12.0 Å². The highest BCUT2D eigenvalue weighted by Gasteiger charge is 2.37. The molecule has 2 aliphatic rings. The minimum Gasteiger partial charge on any atom is -0.381 e. The Labute approximate surface area is 147 Å². The monoisotopic (exact) mass is 360 g/mol. The van der Waals surface area contributed by atoms with Crippen LogP contribution >= 0.6 is 0 Å². The zero-order valence-electron chi connectivity index (χ0n) is 14.0. The van der Waals surface area contributed by atoms with Crippen LogP contribution < -0.4 is 10.6 Å². The zero-order valence-corrected chi connectivity index (χ0v) is 14.8. The average Bonchev–Trinajstić information content (AvgIpc) is 2.86. The van der Waals surface area contributed by atoms with Crippen molar-refractivity contribution in [3.8, 4) is 0 Å². The van der Waals surface area contributed by atoms with Gasteiger partial charge < -0.3 is 10.6 Å². The van der Waals surface area contributed by atoms with Gasteiger partial charge in [0.25, 0.3) is 0 Å². The maximum atomic E-state index is 13.5. The lowest BCUT2D eigenvalue weighted by atomic mass is 9.84. The number of sulfone groups is 1. The van der Waals surface area contributed by atoms with Gasteiger partial charge in [0.2, 0.25) is 9.84 Å². The van der Waals surface area contributed by atoms with E-state index in [-0.39, 0.29) is 15.7 Å². The Morgan fingerprint density at radius 3 is 2.72 bits per heavy atom. The van der Waals surface area contributed by atoms with E-state index in [1.165, 1.54) is 18.2 Å². The maximum Gasteiger partial charge on any atom is 0.206 e. The van der Waals surface area contributed by atoms with Gasteiger partial charge in [-0.2, -0.15) is 0 Å². The Balaban J connectivity index is 1.77. The maximum absolute atomic E-state index is 13.5. The molecule has 0 saturated carbocycles. The third-order valence-corrected chi connectivity index (χ3v) is 7.03. The van der Waals surface area contributed by atoms with Crippen molar-refractivity contribution in [1.29, 1.82) is 0 Å². The molecule has 4 nitrogen and oxygen atoms in total. The van der Waals surface area contributed by atoms with Crippen LogP contribution in [0.5, 0.6) is 0 Å². The minimum absolute atomic E-state index is 0.00876. The normalized spacial score (nSPS) is 25.6. The van der Waals surface area contributed by atoms with Crippen molar-refractivity contribution in [2.75, 3.05) is 18.4 Å². The summed E-state index contributed by atoms with van der Waals surface area (Å²) >= 11 is 0. The van der Waals surface area contributed by atoms with Gasteiger partial charge in [-0.15, -0.1) is 0 Å². The molecule has 0 radical (unpaired) electrons. The van der Waals surface area contributed by atoms with Crippen LogP contribution in [0, 0.1) is 11.7 Å². The molecule has 2 aromatic carbocycles. The molecule has 2 N–H and O–H groups in total. The summed E-state index contributed by atoms with van der Waals surface area (Å²) in [6, 6.07) is 10.7. The van der Waals surface area contributed by atoms with Crippen molar-refractivity contribution in [2.45, 2.75) is 35.1 Å². The molecule has 1 fully saturated rings. The van der Waals surface area contributed by atoms with Crippen molar-refractivity contribution in [3.05, 3.63) is 53.8 Å². The lowest BCUT2D eigenvalue weighted by Gasteiger charge is -2.22. The molecule has 0 bridgehead atoms. The van der Waals surface area contributed by atoms with Crippen molar-refractivity contribution in [1.82, 2.24) is 5.32 Å². The highest BCUT2D eigenvalue weighted by Crippen LogP contribution is 2.43. The number of anilines is 1. The van der Waals surface area contributed by atoms with Crippen LogP contribution in [0.1, 0.15) is 24.8 Å². The number of halogens is 1. The number of rotatable bonds is 2. The first-order valence-corrected chi connectivity index (χ1v) is 10.1. The van der Waals surface area contributed by atoms with E-state index < -0.39 is 15.7 Å². The number of benzene rings is 2. The van der Waals surface area contributed by atoms with Crippen LogP contribution in [-0.2, 0) is 9.84 Å².